The first kappa shape index (κ1) is 10.2. The smallest absolute Gasteiger partial charge is 0.120 e. The second kappa shape index (κ2) is 4.39. The molecule has 2 N–H and O–H groups in total. The molecular formula is C9H14N2OS. The molecule has 0 fully saturated rings. The van der Waals surface area contributed by atoms with E-state index in [4.69, 9.17) is 22.7 Å². The first-order chi connectivity index (χ1) is 6.16. The van der Waals surface area contributed by atoms with Gasteiger partial charge in [0.1, 0.15) is 4.99 Å². The monoisotopic (exact) mass is 198 g/mol. The van der Waals surface area contributed by atoms with Gasteiger partial charge >= 0.3 is 0 Å². The van der Waals surface area contributed by atoms with Gasteiger partial charge in [-0.1, -0.05) is 12.2 Å². The van der Waals surface area contributed by atoms with E-state index in [1.54, 1.807) is 7.11 Å². The zero-order valence-electron chi connectivity index (χ0n) is 7.86. The second-order valence-electron chi connectivity index (χ2n) is 2.97. The number of hydrogen-bond donors (Lipinski definition) is 1. The lowest BCUT2D eigenvalue weighted by atomic mass is 10.3. The second-order valence-corrected chi connectivity index (χ2v) is 3.41. The molecule has 13 heavy (non-hydrogen) atoms. The van der Waals surface area contributed by atoms with Crippen LogP contribution in [0.4, 0.5) is 0 Å². The summed E-state index contributed by atoms with van der Waals surface area (Å²) in [5.74, 6) is 0. The molecule has 1 unspecified atom stereocenters. The number of thiocarbonyl (C=S) groups is 1. The Morgan fingerprint density at radius 2 is 2.46 bits per heavy atom. The molecule has 0 radical (unpaired) electrons. The molecule has 0 spiro atoms. The summed E-state index contributed by atoms with van der Waals surface area (Å²) >= 11 is 4.92. The van der Waals surface area contributed by atoms with E-state index in [9.17, 15) is 0 Å². The van der Waals surface area contributed by atoms with Crippen LogP contribution in [0.2, 0.25) is 0 Å². The predicted octanol–water partition coefficient (Wildman–Crippen LogP) is 1.33. The minimum Gasteiger partial charge on any atom is -0.388 e. The fraction of sp³-hybridized carbons (Fsp3) is 0.444. The quantitative estimate of drug-likeness (QED) is 0.742. The molecule has 0 aromatic carbocycles. The van der Waals surface area contributed by atoms with Crippen molar-refractivity contribution in [2.24, 2.45) is 5.73 Å². The van der Waals surface area contributed by atoms with Crippen LogP contribution >= 0.6 is 12.2 Å². The molecule has 1 atom stereocenters. The van der Waals surface area contributed by atoms with Gasteiger partial charge in [0, 0.05) is 13.3 Å². The van der Waals surface area contributed by atoms with Crippen LogP contribution in [0.5, 0.6) is 0 Å². The number of hydrogen-bond acceptors (Lipinski definition) is 2. The van der Waals surface area contributed by atoms with Gasteiger partial charge in [0.2, 0.25) is 0 Å². The molecule has 0 aliphatic carbocycles. The highest BCUT2D eigenvalue weighted by molar-refractivity contribution is 7.80. The summed E-state index contributed by atoms with van der Waals surface area (Å²) in [5, 5.41) is 0. The Hall–Kier alpha value is -0.870. The maximum Gasteiger partial charge on any atom is 0.120 e. The Morgan fingerprint density at radius 1 is 1.77 bits per heavy atom. The summed E-state index contributed by atoms with van der Waals surface area (Å²) in [6, 6.07) is 4.10. The Balaban J connectivity index is 2.86. The van der Waals surface area contributed by atoms with E-state index >= 15 is 0 Å². The molecule has 1 aromatic rings. The Bertz CT molecular complexity index is 296. The lowest BCUT2D eigenvalue weighted by molar-refractivity contribution is 0.162. The highest BCUT2D eigenvalue weighted by Crippen LogP contribution is 2.11. The van der Waals surface area contributed by atoms with Crippen LogP contribution in [-0.2, 0) is 4.74 Å². The average Bonchev–Trinajstić information content (AvgIpc) is 2.52. The van der Waals surface area contributed by atoms with Crippen molar-refractivity contribution in [2.45, 2.75) is 13.0 Å². The van der Waals surface area contributed by atoms with Crippen molar-refractivity contribution < 1.29 is 4.74 Å². The van der Waals surface area contributed by atoms with Crippen molar-refractivity contribution in [3.63, 3.8) is 0 Å². The third kappa shape index (κ3) is 2.29. The van der Waals surface area contributed by atoms with E-state index in [2.05, 4.69) is 6.92 Å². The third-order valence-electron chi connectivity index (χ3n) is 1.91. The van der Waals surface area contributed by atoms with Crippen LogP contribution in [0.25, 0.3) is 0 Å². The zero-order chi connectivity index (χ0) is 9.84. The van der Waals surface area contributed by atoms with Crippen molar-refractivity contribution in [1.29, 1.82) is 0 Å². The molecule has 0 amide bonds. The van der Waals surface area contributed by atoms with Crippen LogP contribution in [0.1, 0.15) is 18.7 Å². The normalized spacial score (nSPS) is 12.8. The van der Waals surface area contributed by atoms with Crippen LogP contribution in [0.3, 0.4) is 0 Å². The molecule has 0 saturated heterocycles. The van der Waals surface area contributed by atoms with E-state index < -0.39 is 0 Å². The molecule has 0 aliphatic heterocycles. The summed E-state index contributed by atoms with van der Waals surface area (Å²) < 4.78 is 7.08. The topological polar surface area (TPSA) is 40.2 Å². The molecule has 0 saturated carbocycles. The molecule has 1 aromatic heterocycles. The Morgan fingerprint density at radius 3 is 3.00 bits per heavy atom. The van der Waals surface area contributed by atoms with Crippen molar-refractivity contribution in [3.8, 4) is 0 Å². The standard InChI is InChI=1S/C9H14N2OS/c1-7(6-12-2)11-5-3-4-8(11)9(10)13/h3-5,7H,6H2,1-2H3,(H2,10,13). The molecule has 0 aliphatic rings. The maximum absolute atomic E-state index is 5.56. The van der Waals surface area contributed by atoms with E-state index in [0.29, 0.717) is 11.6 Å². The number of nitrogens with zero attached hydrogens (tertiary/aromatic N) is 1. The fourth-order valence-corrected chi connectivity index (χ4v) is 1.48. The molecule has 72 valence electrons. The number of nitrogens with two attached hydrogens (primary N) is 1. The summed E-state index contributed by atoms with van der Waals surface area (Å²) in [4.78, 5) is 0.424. The summed E-state index contributed by atoms with van der Waals surface area (Å²) in [5.41, 5.74) is 6.45. The van der Waals surface area contributed by atoms with Crippen LogP contribution < -0.4 is 5.73 Å². The van der Waals surface area contributed by atoms with Gasteiger partial charge in [-0.2, -0.15) is 0 Å². The molecule has 0 bridgehead atoms. The number of ether oxygens (including phenoxy) is 1. The van der Waals surface area contributed by atoms with Crippen LogP contribution in [0.15, 0.2) is 18.3 Å². The van der Waals surface area contributed by atoms with Gasteiger partial charge < -0.3 is 15.0 Å². The first-order valence-electron chi connectivity index (χ1n) is 4.12. The van der Waals surface area contributed by atoms with Gasteiger partial charge in [-0.15, -0.1) is 0 Å². The minimum atomic E-state index is 0.261. The van der Waals surface area contributed by atoms with Gasteiger partial charge in [0.25, 0.3) is 0 Å². The largest absolute Gasteiger partial charge is 0.388 e. The van der Waals surface area contributed by atoms with Crippen molar-refractivity contribution in [1.82, 2.24) is 4.57 Å². The van der Waals surface area contributed by atoms with Gasteiger partial charge in [0.15, 0.2) is 0 Å². The summed E-state index contributed by atoms with van der Waals surface area (Å²) in [6.07, 6.45) is 1.96. The highest BCUT2D eigenvalue weighted by atomic mass is 32.1. The third-order valence-corrected chi connectivity index (χ3v) is 2.12. The summed E-state index contributed by atoms with van der Waals surface area (Å²) in [7, 11) is 1.68. The van der Waals surface area contributed by atoms with Crippen LogP contribution in [0, 0.1) is 0 Å². The zero-order valence-corrected chi connectivity index (χ0v) is 8.67. The fourth-order valence-electron chi connectivity index (χ4n) is 1.31. The van der Waals surface area contributed by atoms with Crippen molar-refractivity contribution in [3.05, 3.63) is 24.0 Å². The lowest BCUT2D eigenvalue weighted by Gasteiger charge is -2.15. The van der Waals surface area contributed by atoms with Gasteiger partial charge in [-0.25, -0.2) is 0 Å². The number of methoxy groups -OCH3 is 1. The molecule has 1 heterocycles. The molecule has 4 heteroatoms. The Labute approximate surface area is 83.5 Å². The lowest BCUT2D eigenvalue weighted by Crippen LogP contribution is -2.19. The van der Waals surface area contributed by atoms with E-state index in [-0.39, 0.29) is 6.04 Å². The van der Waals surface area contributed by atoms with E-state index in [1.165, 1.54) is 0 Å². The molecule has 3 nitrogen and oxygen atoms in total. The minimum absolute atomic E-state index is 0.261. The predicted molar refractivity (Wildman–Crippen MR) is 56.9 cm³/mol. The number of rotatable bonds is 4. The van der Waals surface area contributed by atoms with Gasteiger partial charge in [0.05, 0.1) is 18.3 Å². The van der Waals surface area contributed by atoms with Gasteiger partial charge in [-0.3, -0.25) is 0 Å². The maximum atomic E-state index is 5.56. The average molecular weight is 198 g/mol. The van der Waals surface area contributed by atoms with Crippen molar-refractivity contribution >= 4 is 17.2 Å². The number of aromatic nitrogens is 1. The van der Waals surface area contributed by atoms with E-state index in [0.717, 1.165) is 5.69 Å². The van der Waals surface area contributed by atoms with Crippen molar-refractivity contribution in [2.75, 3.05) is 13.7 Å². The summed E-state index contributed by atoms with van der Waals surface area (Å²) in [6.45, 7) is 2.72. The molecular weight excluding hydrogens is 184 g/mol. The highest BCUT2D eigenvalue weighted by Gasteiger charge is 2.09. The molecule has 1 rings (SSSR count). The van der Waals surface area contributed by atoms with Crippen LogP contribution in [-0.4, -0.2) is 23.3 Å². The van der Waals surface area contributed by atoms with E-state index in [1.807, 2.05) is 22.9 Å². The first-order valence-corrected chi connectivity index (χ1v) is 4.53. The Kier molecular flexibility index (Phi) is 3.45. The SMILES string of the molecule is COCC(C)n1cccc1C(N)=S. The van der Waals surface area contributed by atoms with Gasteiger partial charge in [-0.05, 0) is 19.1 Å².